The van der Waals surface area contributed by atoms with Gasteiger partial charge in [0, 0.05) is 18.1 Å². The molecule has 6 nitrogen and oxygen atoms in total. The van der Waals surface area contributed by atoms with Crippen molar-refractivity contribution in [2.24, 2.45) is 0 Å². The summed E-state index contributed by atoms with van der Waals surface area (Å²) in [6.07, 6.45) is 0. The molecule has 2 aromatic rings. The van der Waals surface area contributed by atoms with Gasteiger partial charge in [-0.25, -0.2) is 8.42 Å². The van der Waals surface area contributed by atoms with E-state index < -0.39 is 10.0 Å². The molecule has 2 aromatic carbocycles. The number of hydrogen-bond acceptors (Lipinski definition) is 5. The molecule has 0 amide bonds. The van der Waals surface area contributed by atoms with Gasteiger partial charge in [-0.3, -0.25) is 4.72 Å². The smallest absolute Gasteiger partial charge is 0.262 e. The fourth-order valence-corrected chi connectivity index (χ4v) is 4.64. The van der Waals surface area contributed by atoms with Crippen LogP contribution in [-0.2, 0) is 14.8 Å². The molecular weight excluding hydrogens is 444 g/mol. The average molecular weight is 462 g/mol. The summed E-state index contributed by atoms with van der Waals surface area (Å²) >= 11 is 9.41. The van der Waals surface area contributed by atoms with Crippen molar-refractivity contribution >= 4 is 48.9 Å². The molecule has 0 aliphatic carbocycles. The van der Waals surface area contributed by atoms with E-state index in [-0.39, 0.29) is 4.90 Å². The number of benzene rings is 2. The number of sulfonamides is 1. The summed E-state index contributed by atoms with van der Waals surface area (Å²) in [5.74, 6) is 0.556. The maximum Gasteiger partial charge on any atom is 0.262 e. The van der Waals surface area contributed by atoms with Crippen molar-refractivity contribution in [3.63, 3.8) is 0 Å². The minimum Gasteiger partial charge on any atom is -0.496 e. The summed E-state index contributed by atoms with van der Waals surface area (Å²) in [4.78, 5) is 2.19. The second kappa shape index (κ2) is 8.04. The summed E-state index contributed by atoms with van der Waals surface area (Å²) in [6, 6.07) is 9.76. The van der Waals surface area contributed by atoms with E-state index in [2.05, 4.69) is 25.6 Å². The van der Waals surface area contributed by atoms with Crippen molar-refractivity contribution < 1.29 is 17.9 Å². The molecule has 1 heterocycles. The van der Waals surface area contributed by atoms with Crippen molar-refractivity contribution in [3.05, 3.63) is 45.9 Å². The van der Waals surface area contributed by atoms with Gasteiger partial charge in [0.1, 0.15) is 5.75 Å². The van der Waals surface area contributed by atoms with Gasteiger partial charge in [-0.2, -0.15) is 0 Å². The van der Waals surface area contributed by atoms with Gasteiger partial charge in [-0.05, 0) is 52.3 Å². The van der Waals surface area contributed by atoms with Crippen LogP contribution in [0.25, 0.3) is 0 Å². The van der Waals surface area contributed by atoms with Crippen LogP contribution in [0.3, 0.4) is 0 Å². The first-order chi connectivity index (χ1) is 12.4. The molecule has 0 saturated carbocycles. The van der Waals surface area contributed by atoms with Crippen LogP contribution >= 0.6 is 27.5 Å². The summed E-state index contributed by atoms with van der Waals surface area (Å²) in [5, 5.41) is 0.454. The van der Waals surface area contributed by atoms with Gasteiger partial charge < -0.3 is 14.4 Å². The van der Waals surface area contributed by atoms with Gasteiger partial charge in [-0.1, -0.05) is 11.6 Å². The van der Waals surface area contributed by atoms with Crippen LogP contribution in [0, 0.1) is 0 Å². The summed E-state index contributed by atoms with van der Waals surface area (Å²) in [5.41, 5.74) is 1.21. The summed E-state index contributed by atoms with van der Waals surface area (Å²) < 4.78 is 39.4. The van der Waals surface area contributed by atoms with Gasteiger partial charge in [0.05, 0.1) is 41.1 Å². The van der Waals surface area contributed by atoms with E-state index in [4.69, 9.17) is 21.1 Å². The third kappa shape index (κ3) is 4.25. The number of nitrogens with one attached hydrogen (secondary N) is 1. The molecule has 0 spiro atoms. The third-order valence-electron chi connectivity index (χ3n) is 3.99. The molecule has 1 fully saturated rings. The van der Waals surface area contributed by atoms with E-state index >= 15 is 0 Å². The lowest BCUT2D eigenvalue weighted by Crippen LogP contribution is -2.36. The van der Waals surface area contributed by atoms with Crippen LogP contribution in [0.1, 0.15) is 0 Å². The number of rotatable bonds is 5. The lowest BCUT2D eigenvalue weighted by molar-refractivity contribution is 0.123. The Balaban J connectivity index is 1.94. The molecule has 9 heteroatoms. The Morgan fingerprint density at radius 1 is 1.19 bits per heavy atom. The highest BCUT2D eigenvalue weighted by atomic mass is 79.9. The van der Waals surface area contributed by atoms with Gasteiger partial charge in [0.2, 0.25) is 0 Å². The van der Waals surface area contributed by atoms with E-state index in [0.29, 0.717) is 47.2 Å². The Bertz CT molecular complexity index is 902. The van der Waals surface area contributed by atoms with Crippen LogP contribution in [-0.4, -0.2) is 41.8 Å². The van der Waals surface area contributed by atoms with Gasteiger partial charge in [0.25, 0.3) is 10.0 Å². The lowest BCUT2D eigenvalue weighted by Gasteiger charge is -2.30. The first kappa shape index (κ1) is 19.3. The Labute approximate surface area is 166 Å². The first-order valence-corrected chi connectivity index (χ1v) is 10.5. The highest BCUT2D eigenvalue weighted by Crippen LogP contribution is 2.33. The van der Waals surface area contributed by atoms with Crippen molar-refractivity contribution in [1.82, 2.24) is 0 Å². The standard InChI is InChI=1S/C17H18BrClN2O4S/c1-24-17-5-3-13(11-14(17)18)26(22,23)20-15-10-12(19)2-4-16(15)21-6-8-25-9-7-21/h2-5,10-11,20H,6-9H2,1H3. The third-order valence-corrected chi connectivity index (χ3v) is 6.21. The highest BCUT2D eigenvalue weighted by molar-refractivity contribution is 9.10. The fourth-order valence-electron chi connectivity index (χ4n) is 2.69. The average Bonchev–Trinajstić information content (AvgIpc) is 2.62. The molecule has 0 atom stereocenters. The normalized spacial score (nSPS) is 15.0. The molecule has 26 heavy (non-hydrogen) atoms. The second-order valence-electron chi connectivity index (χ2n) is 5.66. The number of methoxy groups -OCH3 is 1. The minimum absolute atomic E-state index is 0.123. The quantitative estimate of drug-likeness (QED) is 0.734. The van der Waals surface area contributed by atoms with Crippen LogP contribution in [0.4, 0.5) is 11.4 Å². The van der Waals surface area contributed by atoms with Gasteiger partial charge in [0.15, 0.2) is 0 Å². The summed E-state index contributed by atoms with van der Waals surface area (Å²) in [6.45, 7) is 2.56. The van der Waals surface area contributed by atoms with E-state index in [1.807, 2.05) is 6.07 Å². The van der Waals surface area contributed by atoms with Crippen molar-refractivity contribution in [2.75, 3.05) is 43.0 Å². The molecule has 1 aliphatic rings. The van der Waals surface area contributed by atoms with Gasteiger partial charge >= 0.3 is 0 Å². The Kier molecular flexibility index (Phi) is 5.96. The largest absolute Gasteiger partial charge is 0.496 e. The van der Waals surface area contributed by atoms with Gasteiger partial charge in [-0.15, -0.1) is 0 Å². The fraction of sp³-hybridized carbons (Fsp3) is 0.294. The Morgan fingerprint density at radius 3 is 2.58 bits per heavy atom. The number of ether oxygens (including phenoxy) is 2. The highest BCUT2D eigenvalue weighted by Gasteiger charge is 2.21. The molecule has 1 saturated heterocycles. The van der Waals surface area contributed by atoms with Crippen LogP contribution < -0.4 is 14.4 Å². The number of anilines is 2. The van der Waals surface area contributed by atoms with Crippen molar-refractivity contribution in [2.45, 2.75) is 4.90 Å². The van der Waals surface area contributed by atoms with Crippen LogP contribution in [0.2, 0.25) is 5.02 Å². The van der Waals surface area contributed by atoms with Crippen LogP contribution in [0.5, 0.6) is 5.75 Å². The molecule has 0 unspecified atom stereocenters. The second-order valence-corrected chi connectivity index (χ2v) is 8.64. The predicted octanol–water partition coefficient (Wildman–Crippen LogP) is 3.75. The number of nitrogens with zero attached hydrogens (tertiary/aromatic N) is 1. The molecule has 1 N–H and O–H groups in total. The predicted molar refractivity (Wildman–Crippen MR) is 106 cm³/mol. The zero-order valence-electron chi connectivity index (χ0n) is 14.0. The SMILES string of the molecule is COc1ccc(S(=O)(=O)Nc2cc(Cl)ccc2N2CCOCC2)cc1Br. The van der Waals surface area contributed by atoms with Crippen LogP contribution in [0.15, 0.2) is 45.8 Å². The topological polar surface area (TPSA) is 67.9 Å². The number of morpholine rings is 1. The summed E-state index contributed by atoms with van der Waals surface area (Å²) in [7, 11) is -2.27. The molecular formula is C17H18BrClN2O4S. The molecule has 1 aliphatic heterocycles. The van der Waals surface area contributed by atoms with E-state index in [0.717, 1.165) is 5.69 Å². The lowest BCUT2D eigenvalue weighted by atomic mass is 10.2. The minimum atomic E-state index is -3.79. The number of halogens is 2. The molecule has 0 bridgehead atoms. The number of hydrogen-bond donors (Lipinski definition) is 1. The molecule has 140 valence electrons. The molecule has 0 aromatic heterocycles. The maximum atomic E-state index is 12.8. The Morgan fingerprint density at radius 2 is 1.92 bits per heavy atom. The van der Waals surface area contributed by atoms with Crippen molar-refractivity contribution in [3.8, 4) is 5.75 Å². The Hall–Kier alpha value is -1.48. The monoisotopic (exact) mass is 460 g/mol. The maximum absolute atomic E-state index is 12.8. The van der Waals surface area contributed by atoms with E-state index in [1.54, 1.807) is 18.2 Å². The van der Waals surface area contributed by atoms with E-state index in [9.17, 15) is 8.42 Å². The first-order valence-electron chi connectivity index (χ1n) is 7.89. The molecule has 3 rings (SSSR count). The zero-order valence-corrected chi connectivity index (χ0v) is 17.2. The van der Waals surface area contributed by atoms with Crippen molar-refractivity contribution in [1.29, 1.82) is 0 Å². The molecule has 0 radical (unpaired) electrons. The van der Waals surface area contributed by atoms with E-state index in [1.165, 1.54) is 19.2 Å². The zero-order chi connectivity index (χ0) is 18.7.